The molecular weight excluding hydrogens is 329 g/mol. The summed E-state index contributed by atoms with van der Waals surface area (Å²) in [6.45, 7) is 1.49. The highest BCUT2D eigenvalue weighted by Gasteiger charge is 2.40. The van der Waals surface area contributed by atoms with E-state index in [9.17, 15) is 18.0 Å². The van der Waals surface area contributed by atoms with Gasteiger partial charge in [-0.1, -0.05) is 0 Å². The highest BCUT2D eigenvalue weighted by Crippen LogP contribution is 2.45. The van der Waals surface area contributed by atoms with Crippen LogP contribution in [0.4, 0.5) is 18.9 Å². The Hall–Kier alpha value is -2.34. The minimum absolute atomic E-state index is 0.0174. The zero-order valence-corrected chi connectivity index (χ0v) is 12.8. The summed E-state index contributed by atoms with van der Waals surface area (Å²) in [5.41, 5.74) is 4.95. The zero-order valence-electron chi connectivity index (χ0n) is 12.0. The first-order chi connectivity index (χ1) is 10.7. The largest absolute Gasteiger partial charge is 0.417 e. The van der Waals surface area contributed by atoms with E-state index in [1.54, 1.807) is 6.07 Å². The maximum atomic E-state index is 13.7. The van der Waals surface area contributed by atoms with Crippen molar-refractivity contribution in [3.8, 4) is 6.07 Å². The van der Waals surface area contributed by atoms with Gasteiger partial charge in [0.15, 0.2) is 0 Å². The standard InChI is InChI=1S/C14H11F3N4OS/c1-6(22)21-3-2-8-7(5-21)11(14(15,16)17)10-12(19)9(4-18)23-13(10)20-8/h2-3,5,19H2,1H3. The number of hydrogen-bond acceptors (Lipinski definition) is 5. The molecule has 2 aromatic heterocycles. The maximum absolute atomic E-state index is 13.7. The van der Waals surface area contributed by atoms with Gasteiger partial charge in [0, 0.05) is 43.1 Å². The molecule has 0 saturated heterocycles. The Balaban J connectivity index is 2.36. The molecule has 0 spiro atoms. The van der Waals surface area contributed by atoms with Gasteiger partial charge in [-0.3, -0.25) is 4.79 Å². The molecule has 23 heavy (non-hydrogen) atoms. The number of hydrogen-bond donors (Lipinski definition) is 1. The fourth-order valence-electron chi connectivity index (χ4n) is 2.79. The van der Waals surface area contributed by atoms with Crippen LogP contribution in [0, 0.1) is 11.3 Å². The number of nitrogen functional groups attached to an aromatic ring is 1. The monoisotopic (exact) mass is 340 g/mol. The molecule has 120 valence electrons. The van der Waals surface area contributed by atoms with Gasteiger partial charge >= 0.3 is 6.18 Å². The lowest BCUT2D eigenvalue weighted by Crippen LogP contribution is -2.36. The van der Waals surface area contributed by atoms with Crippen LogP contribution < -0.4 is 5.73 Å². The maximum Gasteiger partial charge on any atom is 0.417 e. The van der Waals surface area contributed by atoms with Crippen LogP contribution in [0.3, 0.4) is 0 Å². The third-order valence-electron chi connectivity index (χ3n) is 3.86. The number of fused-ring (bicyclic) bond motifs is 2. The van der Waals surface area contributed by atoms with Crippen molar-refractivity contribution in [1.29, 1.82) is 5.26 Å². The average Bonchev–Trinajstić information content (AvgIpc) is 2.79. The molecular formula is C14H11F3N4OS. The van der Waals surface area contributed by atoms with Gasteiger partial charge in [0.05, 0.1) is 11.3 Å². The van der Waals surface area contributed by atoms with Crippen LogP contribution in [0.2, 0.25) is 0 Å². The number of carbonyl (C=O) groups excluding carboxylic acids is 1. The number of nitrogens with two attached hydrogens (primary N) is 1. The van der Waals surface area contributed by atoms with Gasteiger partial charge in [-0.15, -0.1) is 11.3 Å². The first-order valence-corrected chi connectivity index (χ1v) is 7.52. The minimum atomic E-state index is -4.65. The minimum Gasteiger partial charge on any atom is -0.396 e. The van der Waals surface area contributed by atoms with E-state index in [4.69, 9.17) is 11.0 Å². The summed E-state index contributed by atoms with van der Waals surface area (Å²) in [5.74, 6) is -0.292. The number of pyridine rings is 1. The summed E-state index contributed by atoms with van der Waals surface area (Å²) in [4.78, 5) is 17.2. The Morgan fingerprint density at radius 1 is 1.48 bits per heavy atom. The van der Waals surface area contributed by atoms with Crippen LogP contribution in [0.15, 0.2) is 0 Å². The van der Waals surface area contributed by atoms with E-state index in [1.165, 1.54) is 11.8 Å². The number of nitrogens with zero attached hydrogens (tertiary/aromatic N) is 3. The number of thiophene rings is 1. The molecule has 0 radical (unpaired) electrons. The van der Waals surface area contributed by atoms with Gasteiger partial charge in [-0.2, -0.15) is 18.4 Å². The lowest BCUT2D eigenvalue weighted by atomic mass is 9.96. The summed E-state index contributed by atoms with van der Waals surface area (Å²) in [5, 5.41) is 8.78. The average molecular weight is 340 g/mol. The number of halogens is 3. The number of amides is 1. The summed E-state index contributed by atoms with van der Waals surface area (Å²) in [7, 11) is 0. The Labute approximate surface area is 133 Å². The molecule has 1 aliphatic rings. The highest BCUT2D eigenvalue weighted by molar-refractivity contribution is 7.19. The first kappa shape index (κ1) is 15.6. The van der Waals surface area contributed by atoms with E-state index in [1.807, 2.05) is 0 Å². The Bertz CT molecular complexity index is 866. The van der Waals surface area contributed by atoms with Crippen molar-refractivity contribution in [2.24, 2.45) is 0 Å². The molecule has 0 aliphatic carbocycles. The van der Waals surface area contributed by atoms with Crippen LogP contribution in [0.25, 0.3) is 10.2 Å². The molecule has 0 bridgehead atoms. The summed E-state index contributed by atoms with van der Waals surface area (Å²) < 4.78 is 41.0. The fraction of sp³-hybridized carbons (Fsp3) is 0.357. The second-order valence-corrected chi connectivity index (χ2v) is 6.24. The smallest absolute Gasteiger partial charge is 0.396 e. The van der Waals surface area contributed by atoms with E-state index in [0.717, 1.165) is 11.3 Å². The number of rotatable bonds is 0. The van der Waals surface area contributed by atoms with Crippen molar-refractivity contribution >= 4 is 33.1 Å². The molecule has 0 atom stereocenters. The molecule has 3 rings (SSSR count). The summed E-state index contributed by atoms with van der Waals surface area (Å²) in [6.07, 6.45) is -4.40. The van der Waals surface area contributed by atoms with Gasteiger partial charge < -0.3 is 10.6 Å². The third kappa shape index (κ3) is 2.39. The predicted molar refractivity (Wildman–Crippen MR) is 78.5 cm³/mol. The van der Waals surface area contributed by atoms with E-state index < -0.39 is 11.7 Å². The van der Waals surface area contributed by atoms with Crippen LogP contribution >= 0.6 is 11.3 Å². The van der Waals surface area contributed by atoms with Crippen LogP contribution in [-0.2, 0) is 23.9 Å². The first-order valence-electron chi connectivity index (χ1n) is 6.70. The molecule has 0 fully saturated rings. The van der Waals surface area contributed by atoms with E-state index in [-0.39, 0.29) is 45.2 Å². The lowest BCUT2D eigenvalue weighted by molar-refractivity contribution is -0.138. The molecule has 5 nitrogen and oxygen atoms in total. The molecule has 0 unspecified atom stereocenters. The second-order valence-electron chi connectivity index (χ2n) is 5.24. The van der Waals surface area contributed by atoms with Crippen molar-refractivity contribution in [3.05, 3.63) is 21.7 Å². The molecule has 2 N–H and O–H groups in total. The molecule has 1 aliphatic heterocycles. The number of aromatic nitrogens is 1. The van der Waals surface area contributed by atoms with E-state index in [0.29, 0.717) is 12.2 Å². The Kier molecular flexibility index (Phi) is 3.44. The van der Waals surface area contributed by atoms with Crippen LogP contribution in [0.5, 0.6) is 0 Å². The van der Waals surface area contributed by atoms with Gasteiger partial charge in [-0.25, -0.2) is 4.98 Å². The number of nitriles is 1. The quantitative estimate of drug-likeness (QED) is 0.799. The molecule has 3 heterocycles. The van der Waals surface area contributed by atoms with Gasteiger partial charge in [0.2, 0.25) is 5.91 Å². The van der Waals surface area contributed by atoms with Crippen molar-refractivity contribution in [2.75, 3.05) is 12.3 Å². The Morgan fingerprint density at radius 2 is 2.17 bits per heavy atom. The number of alkyl halides is 3. The highest BCUT2D eigenvalue weighted by atomic mass is 32.1. The normalized spacial score (nSPS) is 14.7. The SMILES string of the molecule is CC(=O)N1CCc2nc3sc(C#N)c(N)c3c(C(F)(F)F)c2C1. The Morgan fingerprint density at radius 3 is 2.74 bits per heavy atom. The van der Waals surface area contributed by atoms with Gasteiger partial charge in [0.1, 0.15) is 15.8 Å². The number of anilines is 1. The predicted octanol–water partition coefficient (Wildman–Crippen LogP) is 2.67. The van der Waals surface area contributed by atoms with E-state index in [2.05, 4.69) is 4.98 Å². The molecule has 2 aromatic rings. The second kappa shape index (κ2) is 5.09. The van der Waals surface area contributed by atoms with Crippen LogP contribution in [-0.4, -0.2) is 22.3 Å². The summed E-state index contributed by atoms with van der Waals surface area (Å²) in [6, 6.07) is 1.80. The molecule has 9 heteroatoms. The third-order valence-corrected chi connectivity index (χ3v) is 4.87. The van der Waals surface area contributed by atoms with E-state index >= 15 is 0 Å². The van der Waals surface area contributed by atoms with Crippen molar-refractivity contribution < 1.29 is 18.0 Å². The molecule has 1 amide bonds. The topological polar surface area (TPSA) is 83.0 Å². The number of carbonyl (C=O) groups is 1. The summed E-state index contributed by atoms with van der Waals surface area (Å²) >= 11 is 0.856. The van der Waals surface area contributed by atoms with Crippen molar-refractivity contribution in [2.45, 2.75) is 26.1 Å². The molecule has 0 aromatic carbocycles. The molecule has 0 saturated carbocycles. The van der Waals surface area contributed by atoms with Crippen molar-refractivity contribution in [3.63, 3.8) is 0 Å². The lowest BCUT2D eigenvalue weighted by Gasteiger charge is -2.29. The van der Waals surface area contributed by atoms with Gasteiger partial charge in [0.25, 0.3) is 0 Å². The zero-order chi connectivity index (χ0) is 16.9. The van der Waals surface area contributed by atoms with Gasteiger partial charge in [-0.05, 0) is 0 Å². The van der Waals surface area contributed by atoms with Crippen LogP contribution in [0.1, 0.15) is 28.6 Å². The fourth-order valence-corrected chi connectivity index (χ4v) is 3.71. The van der Waals surface area contributed by atoms with Crippen molar-refractivity contribution in [1.82, 2.24) is 9.88 Å².